The minimum Gasteiger partial charge on any atom is -0.480 e. The predicted octanol–water partition coefficient (Wildman–Crippen LogP) is 1.41. The van der Waals surface area contributed by atoms with Crippen LogP contribution in [-0.2, 0) is 20.3 Å². The van der Waals surface area contributed by atoms with Crippen LogP contribution in [0.25, 0.3) is 0 Å². The molecule has 15 heavy (non-hydrogen) atoms. The van der Waals surface area contributed by atoms with E-state index in [2.05, 4.69) is 0 Å². The number of carboxylic acid groups (broad SMARTS) is 1. The van der Waals surface area contributed by atoms with Crippen molar-refractivity contribution < 1.29 is 18.8 Å². The van der Waals surface area contributed by atoms with E-state index in [9.17, 15) is 9.00 Å². The summed E-state index contributed by atoms with van der Waals surface area (Å²) in [6, 6.07) is 0. The Kier molecular flexibility index (Phi) is 4.93. The Labute approximate surface area is 93.5 Å². The van der Waals surface area contributed by atoms with Gasteiger partial charge in [0.25, 0.3) is 0 Å². The lowest BCUT2D eigenvalue weighted by Crippen LogP contribution is -2.39. The van der Waals surface area contributed by atoms with Gasteiger partial charge >= 0.3 is 5.97 Å². The van der Waals surface area contributed by atoms with Gasteiger partial charge in [0.15, 0.2) is 0 Å². The number of aliphatic carboxylic acids is 1. The summed E-state index contributed by atoms with van der Waals surface area (Å²) in [5.41, 5.74) is -0.280. The van der Waals surface area contributed by atoms with Gasteiger partial charge in [-0.1, -0.05) is 0 Å². The normalized spacial score (nSPS) is 15.0. The van der Waals surface area contributed by atoms with Crippen LogP contribution < -0.4 is 0 Å². The molecule has 0 spiro atoms. The summed E-state index contributed by atoms with van der Waals surface area (Å²) in [5, 5.41) is 8.84. The van der Waals surface area contributed by atoms with E-state index in [1.54, 1.807) is 0 Å². The van der Waals surface area contributed by atoms with Gasteiger partial charge in [0.2, 0.25) is 0 Å². The van der Waals surface area contributed by atoms with Gasteiger partial charge in [0.05, 0.1) is 12.2 Å². The molecule has 1 atom stereocenters. The van der Waals surface area contributed by atoms with Crippen LogP contribution in [0.1, 0.15) is 34.6 Å². The van der Waals surface area contributed by atoms with Crippen LogP contribution in [-0.4, -0.2) is 38.0 Å². The van der Waals surface area contributed by atoms with E-state index in [1.165, 1.54) is 13.8 Å². The van der Waals surface area contributed by atoms with Crippen LogP contribution in [0.4, 0.5) is 0 Å². The van der Waals surface area contributed by atoms with Crippen LogP contribution in [0.2, 0.25) is 0 Å². The standard InChI is InChI=1S/C10H20O4S/c1-9(2,3)14-6-7-15(13)10(4,5)8(11)12/h6-7H2,1-5H3,(H,11,12). The molecule has 1 unspecified atom stereocenters. The van der Waals surface area contributed by atoms with Gasteiger partial charge in [-0.15, -0.1) is 0 Å². The van der Waals surface area contributed by atoms with Crippen LogP contribution in [0.15, 0.2) is 0 Å². The summed E-state index contributed by atoms with van der Waals surface area (Å²) < 4.78 is 15.8. The van der Waals surface area contributed by atoms with Crippen molar-refractivity contribution in [2.45, 2.75) is 45.0 Å². The first-order chi connectivity index (χ1) is 6.57. The fourth-order valence-corrected chi connectivity index (χ4v) is 1.72. The maximum absolute atomic E-state index is 11.6. The smallest absolute Gasteiger partial charge is 0.321 e. The van der Waals surface area contributed by atoms with Gasteiger partial charge in [0, 0.05) is 16.6 Å². The lowest BCUT2D eigenvalue weighted by Gasteiger charge is -2.22. The number of hydrogen-bond acceptors (Lipinski definition) is 3. The molecule has 0 saturated carbocycles. The maximum atomic E-state index is 11.6. The first-order valence-corrected chi connectivity index (χ1v) is 6.15. The number of carboxylic acids is 1. The van der Waals surface area contributed by atoms with Crippen molar-refractivity contribution in [2.24, 2.45) is 0 Å². The zero-order valence-corrected chi connectivity index (χ0v) is 10.8. The van der Waals surface area contributed by atoms with Gasteiger partial charge in [-0.05, 0) is 34.6 Å². The molecule has 0 rings (SSSR count). The second kappa shape index (κ2) is 5.07. The van der Waals surface area contributed by atoms with Gasteiger partial charge in [-0.3, -0.25) is 9.00 Å². The Bertz CT molecular complexity index is 253. The summed E-state index contributed by atoms with van der Waals surface area (Å²) in [4.78, 5) is 10.8. The summed E-state index contributed by atoms with van der Waals surface area (Å²) >= 11 is 0. The summed E-state index contributed by atoms with van der Waals surface area (Å²) in [5.74, 6) is -0.798. The maximum Gasteiger partial charge on any atom is 0.321 e. The fourth-order valence-electron chi connectivity index (χ4n) is 0.776. The van der Waals surface area contributed by atoms with Crippen LogP contribution in [0.5, 0.6) is 0 Å². The number of ether oxygens (including phenoxy) is 1. The highest BCUT2D eigenvalue weighted by atomic mass is 32.2. The van der Waals surface area contributed by atoms with Crippen molar-refractivity contribution in [3.63, 3.8) is 0 Å². The molecule has 0 bridgehead atoms. The van der Waals surface area contributed by atoms with Crippen molar-refractivity contribution in [1.29, 1.82) is 0 Å². The van der Waals surface area contributed by atoms with Crippen molar-refractivity contribution in [1.82, 2.24) is 0 Å². The molecule has 0 radical (unpaired) electrons. The van der Waals surface area contributed by atoms with Crippen LogP contribution in [0, 0.1) is 0 Å². The molecule has 0 heterocycles. The quantitative estimate of drug-likeness (QED) is 0.784. The Morgan fingerprint density at radius 1 is 1.27 bits per heavy atom. The number of rotatable bonds is 5. The van der Waals surface area contributed by atoms with Gasteiger partial charge in [-0.25, -0.2) is 0 Å². The summed E-state index contributed by atoms with van der Waals surface area (Å²) in [6.45, 7) is 8.94. The second-order valence-electron chi connectivity index (χ2n) is 4.83. The molecule has 0 amide bonds. The Morgan fingerprint density at radius 3 is 2.07 bits per heavy atom. The van der Waals surface area contributed by atoms with Crippen molar-refractivity contribution in [3.05, 3.63) is 0 Å². The first kappa shape index (κ1) is 14.6. The van der Waals surface area contributed by atoms with E-state index < -0.39 is 21.5 Å². The van der Waals surface area contributed by atoms with E-state index in [-0.39, 0.29) is 11.4 Å². The van der Waals surface area contributed by atoms with E-state index in [0.717, 1.165) is 0 Å². The zero-order chi connectivity index (χ0) is 12.3. The molecule has 0 aliphatic heterocycles. The van der Waals surface area contributed by atoms with Crippen molar-refractivity contribution in [3.8, 4) is 0 Å². The fraction of sp³-hybridized carbons (Fsp3) is 0.900. The molecule has 4 nitrogen and oxygen atoms in total. The summed E-state index contributed by atoms with van der Waals surface area (Å²) in [7, 11) is -1.42. The average molecular weight is 236 g/mol. The highest BCUT2D eigenvalue weighted by Gasteiger charge is 2.34. The minimum absolute atomic E-state index is 0.247. The first-order valence-electron chi connectivity index (χ1n) is 4.83. The molecule has 0 aliphatic carbocycles. The molecule has 0 aliphatic rings. The molecule has 0 aromatic carbocycles. The lowest BCUT2D eigenvalue weighted by atomic mass is 10.2. The Morgan fingerprint density at radius 2 is 1.73 bits per heavy atom. The largest absolute Gasteiger partial charge is 0.480 e. The number of hydrogen-bond donors (Lipinski definition) is 1. The second-order valence-corrected chi connectivity index (χ2v) is 6.95. The molecule has 1 N–H and O–H groups in total. The molecule has 0 aromatic rings. The third-order valence-electron chi connectivity index (χ3n) is 1.89. The van der Waals surface area contributed by atoms with Crippen molar-refractivity contribution in [2.75, 3.05) is 12.4 Å². The van der Waals surface area contributed by atoms with E-state index in [0.29, 0.717) is 6.61 Å². The SMILES string of the molecule is CC(C)(C)OCCS(=O)C(C)(C)C(=O)O. The van der Waals surface area contributed by atoms with Crippen LogP contribution in [0.3, 0.4) is 0 Å². The summed E-state index contributed by atoms with van der Waals surface area (Å²) in [6.07, 6.45) is 0. The van der Waals surface area contributed by atoms with Gasteiger partial charge in [0.1, 0.15) is 4.75 Å². The zero-order valence-electron chi connectivity index (χ0n) is 9.99. The minimum atomic E-state index is -1.42. The monoisotopic (exact) mass is 236 g/mol. The molecule has 0 aromatic heterocycles. The third-order valence-corrected chi connectivity index (χ3v) is 3.74. The number of carbonyl (C=O) groups is 1. The van der Waals surface area contributed by atoms with Crippen LogP contribution >= 0.6 is 0 Å². The highest BCUT2D eigenvalue weighted by Crippen LogP contribution is 2.14. The molecule has 5 heteroatoms. The lowest BCUT2D eigenvalue weighted by molar-refractivity contribution is -0.139. The molecule has 90 valence electrons. The highest BCUT2D eigenvalue weighted by molar-refractivity contribution is 7.87. The van der Waals surface area contributed by atoms with Gasteiger partial charge in [-0.2, -0.15) is 0 Å². The molecule has 0 fully saturated rings. The molecule has 0 saturated heterocycles. The van der Waals surface area contributed by atoms with E-state index >= 15 is 0 Å². The Hall–Kier alpha value is -0.420. The topological polar surface area (TPSA) is 63.6 Å². The average Bonchev–Trinajstić information content (AvgIpc) is 2.01. The predicted molar refractivity (Wildman–Crippen MR) is 60.4 cm³/mol. The van der Waals surface area contributed by atoms with E-state index in [4.69, 9.17) is 9.84 Å². The Balaban J connectivity index is 4.11. The third kappa shape index (κ3) is 5.28. The van der Waals surface area contributed by atoms with Crippen molar-refractivity contribution >= 4 is 16.8 Å². The van der Waals surface area contributed by atoms with E-state index in [1.807, 2.05) is 20.8 Å². The molecular formula is C10H20O4S. The van der Waals surface area contributed by atoms with Gasteiger partial charge < -0.3 is 9.84 Å². The molecular weight excluding hydrogens is 216 g/mol.